The molecule has 1 N–H and O–H groups in total. The van der Waals surface area contributed by atoms with E-state index in [1.54, 1.807) is 24.4 Å². The molecule has 0 spiro atoms. The highest BCUT2D eigenvalue weighted by Gasteiger charge is 2.42. The van der Waals surface area contributed by atoms with E-state index in [-0.39, 0.29) is 5.02 Å². The lowest BCUT2D eigenvalue weighted by atomic mass is 9.87. The first-order valence-corrected chi connectivity index (χ1v) is 7.71. The number of hydrogen-bond acceptors (Lipinski definition) is 3. The Hall–Kier alpha value is -2.17. The summed E-state index contributed by atoms with van der Waals surface area (Å²) in [5, 5.41) is 4.59. The molecule has 0 saturated carbocycles. The summed E-state index contributed by atoms with van der Waals surface area (Å²) < 4.78 is 19.8. The molecule has 0 radical (unpaired) electrons. The van der Waals surface area contributed by atoms with Crippen LogP contribution in [0.1, 0.15) is 5.56 Å². The van der Waals surface area contributed by atoms with Crippen LogP contribution < -0.4 is 5.32 Å². The predicted molar refractivity (Wildman–Crippen MR) is 89.3 cm³/mol. The summed E-state index contributed by atoms with van der Waals surface area (Å²) in [5.41, 5.74) is 1.69. The Kier molecular flexibility index (Phi) is 3.43. The van der Waals surface area contributed by atoms with Crippen molar-refractivity contribution >= 4 is 28.2 Å². The van der Waals surface area contributed by atoms with Crippen molar-refractivity contribution < 1.29 is 9.13 Å². The van der Waals surface area contributed by atoms with E-state index in [1.165, 1.54) is 0 Å². The zero-order chi connectivity index (χ0) is 15.9. The van der Waals surface area contributed by atoms with Crippen LogP contribution in [0, 0.1) is 5.82 Å². The van der Waals surface area contributed by atoms with Crippen molar-refractivity contribution in [1.29, 1.82) is 0 Å². The molecule has 3 aromatic rings. The fourth-order valence-corrected chi connectivity index (χ4v) is 3.07. The Morgan fingerprint density at radius 1 is 1.13 bits per heavy atom. The minimum Gasteiger partial charge on any atom is -0.376 e. The maximum absolute atomic E-state index is 14.4. The van der Waals surface area contributed by atoms with Gasteiger partial charge in [0.05, 0.1) is 23.8 Å². The van der Waals surface area contributed by atoms with Crippen molar-refractivity contribution in [1.82, 2.24) is 4.98 Å². The first kappa shape index (κ1) is 14.4. The van der Waals surface area contributed by atoms with E-state index in [0.29, 0.717) is 18.8 Å². The van der Waals surface area contributed by atoms with Crippen molar-refractivity contribution in [2.75, 3.05) is 18.5 Å². The Morgan fingerprint density at radius 2 is 2.00 bits per heavy atom. The van der Waals surface area contributed by atoms with Gasteiger partial charge in [-0.15, -0.1) is 0 Å². The van der Waals surface area contributed by atoms with Crippen LogP contribution in [0.25, 0.3) is 10.9 Å². The number of halogens is 2. The number of anilines is 1. The highest BCUT2D eigenvalue weighted by Crippen LogP contribution is 2.37. The van der Waals surface area contributed by atoms with Crippen LogP contribution in [0.2, 0.25) is 5.02 Å². The number of benzene rings is 2. The fourth-order valence-electron chi connectivity index (χ4n) is 2.90. The molecule has 1 aromatic heterocycles. The predicted octanol–water partition coefficient (Wildman–Crippen LogP) is 4.36. The monoisotopic (exact) mass is 328 g/mol. The third-order valence-electron chi connectivity index (χ3n) is 4.15. The summed E-state index contributed by atoms with van der Waals surface area (Å²) in [7, 11) is 0. The van der Waals surface area contributed by atoms with Gasteiger partial charge in [-0.3, -0.25) is 4.98 Å². The van der Waals surface area contributed by atoms with Crippen molar-refractivity contribution in [3.8, 4) is 0 Å². The third-order valence-corrected chi connectivity index (χ3v) is 4.45. The van der Waals surface area contributed by atoms with E-state index < -0.39 is 11.4 Å². The lowest BCUT2D eigenvalue weighted by molar-refractivity contribution is -0.0462. The van der Waals surface area contributed by atoms with Gasteiger partial charge in [0, 0.05) is 22.8 Å². The lowest BCUT2D eigenvalue weighted by Crippen LogP contribution is -2.53. The number of ether oxygens (including phenoxy) is 1. The smallest absolute Gasteiger partial charge is 0.147 e. The van der Waals surface area contributed by atoms with Gasteiger partial charge in [-0.2, -0.15) is 0 Å². The molecule has 23 heavy (non-hydrogen) atoms. The number of nitrogens with zero attached hydrogens (tertiary/aromatic N) is 1. The zero-order valence-corrected chi connectivity index (χ0v) is 13.0. The summed E-state index contributed by atoms with van der Waals surface area (Å²) in [6.45, 7) is 0.787. The second-order valence-corrected chi connectivity index (χ2v) is 6.12. The fraction of sp³-hybridized carbons (Fsp3) is 0.167. The molecule has 2 aromatic carbocycles. The highest BCUT2D eigenvalue weighted by atomic mass is 35.5. The minimum atomic E-state index is -0.600. The van der Waals surface area contributed by atoms with Crippen LogP contribution in [-0.2, 0) is 10.3 Å². The Balaban J connectivity index is 1.73. The van der Waals surface area contributed by atoms with Gasteiger partial charge < -0.3 is 10.1 Å². The SMILES string of the molecule is Fc1c(Cl)cccc1C1(Nc2ccc3cccnc3c2)COC1. The topological polar surface area (TPSA) is 34.2 Å². The molecule has 2 heterocycles. The molecular formula is C18H14ClFN2O. The number of hydrogen-bond donors (Lipinski definition) is 1. The largest absolute Gasteiger partial charge is 0.376 e. The Labute approximate surface area is 138 Å². The lowest BCUT2D eigenvalue weighted by Gasteiger charge is -2.43. The minimum absolute atomic E-state index is 0.121. The van der Waals surface area contributed by atoms with E-state index in [4.69, 9.17) is 16.3 Å². The molecule has 5 heteroatoms. The van der Waals surface area contributed by atoms with Gasteiger partial charge in [-0.1, -0.05) is 35.9 Å². The van der Waals surface area contributed by atoms with Gasteiger partial charge in [-0.05, 0) is 24.3 Å². The molecular weight excluding hydrogens is 315 g/mol. The van der Waals surface area contributed by atoms with Gasteiger partial charge in [0.1, 0.15) is 11.4 Å². The maximum Gasteiger partial charge on any atom is 0.147 e. The molecule has 0 unspecified atom stereocenters. The Bertz CT molecular complexity index is 880. The average Bonchev–Trinajstić information content (AvgIpc) is 2.54. The molecule has 1 aliphatic heterocycles. The van der Waals surface area contributed by atoms with Crippen LogP contribution >= 0.6 is 11.6 Å². The molecule has 0 amide bonds. The number of pyridine rings is 1. The average molecular weight is 329 g/mol. The van der Waals surface area contributed by atoms with E-state index >= 15 is 0 Å². The van der Waals surface area contributed by atoms with Gasteiger partial charge in [0.2, 0.25) is 0 Å². The molecule has 116 valence electrons. The summed E-state index contributed by atoms with van der Waals surface area (Å²) in [4.78, 5) is 4.35. The molecule has 0 bridgehead atoms. The number of aromatic nitrogens is 1. The second kappa shape index (κ2) is 5.48. The van der Waals surface area contributed by atoms with Crippen molar-refractivity contribution in [3.05, 3.63) is 71.1 Å². The van der Waals surface area contributed by atoms with Gasteiger partial charge in [0.25, 0.3) is 0 Å². The molecule has 4 rings (SSSR count). The van der Waals surface area contributed by atoms with E-state index in [9.17, 15) is 4.39 Å². The first-order chi connectivity index (χ1) is 11.2. The number of fused-ring (bicyclic) bond motifs is 1. The summed E-state index contributed by atoms with van der Waals surface area (Å²) in [6, 6.07) is 14.9. The summed E-state index contributed by atoms with van der Waals surface area (Å²) >= 11 is 5.93. The standard InChI is InChI=1S/C18H14ClFN2O/c19-15-5-1-4-14(17(15)20)18(10-23-11-18)22-13-7-6-12-3-2-8-21-16(12)9-13/h1-9,22H,10-11H2. The van der Waals surface area contributed by atoms with Crippen LogP contribution in [0.5, 0.6) is 0 Å². The van der Waals surface area contributed by atoms with Crippen LogP contribution in [-0.4, -0.2) is 18.2 Å². The molecule has 3 nitrogen and oxygen atoms in total. The van der Waals surface area contributed by atoms with Crippen LogP contribution in [0.4, 0.5) is 10.1 Å². The molecule has 1 saturated heterocycles. The van der Waals surface area contributed by atoms with Crippen LogP contribution in [0.15, 0.2) is 54.7 Å². The third kappa shape index (κ3) is 2.44. The van der Waals surface area contributed by atoms with Crippen molar-refractivity contribution in [2.45, 2.75) is 5.54 Å². The van der Waals surface area contributed by atoms with Gasteiger partial charge >= 0.3 is 0 Å². The van der Waals surface area contributed by atoms with Crippen molar-refractivity contribution in [2.24, 2.45) is 0 Å². The zero-order valence-electron chi connectivity index (χ0n) is 12.2. The Morgan fingerprint density at radius 3 is 2.78 bits per heavy atom. The second-order valence-electron chi connectivity index (χ2n) is 5.71. The number of nitrogens with one attached hydrogen (secondary N) is 1. The van der Waals surface area contributed by atoms with Crippen LogP contribution in [0.3, 0.4) is 0 Å². The van der Waals surface area contributed by atoms with Gasteiger partial charge in [0.15, 0.2) is 0 Å². The maximum atomic E-state index is 14.4. The van der Waals surface area contributed by atoms with E-state index in [0.717, 1.165) is 16.6 Å². The summed E-state index contributed by atoms with van der Waals surface area (Å²) in [6.07, 6.45) is 1.75. The van der Waals surface area contributed by atoms with E-state index in [2.05, 4.69) is 10.3 Å². The molecule has 1 fully saturated rings. The van der Waals surface area contributed by atoms with E-state index in [1.807, 2.05) is 30.3 Å². The quantitative estimate of drug-likeness (QED) is 0.775. The number of rotatable bonds is 3. The summed E-state index contributed by atoms with van der Waals surface area (Å²) in [5.74, 6) is -0.399. The van der Waals surface area contributed by atoms with Gasteiger partial charge in [-0.25, -0.2) is 4.39 Å². The van der Waals surface area contributed by atoms with Crippen molar-refractivity contribution in [3.63, 3.8) is 0 Å². The molecule has 1 aliphatic rings. The normalized spacial score (nSPS) is 16.1. The highest BCUT2D eigenvalue weighted by molar-refractivity contribution is 6.30. The first-order valence-electron chi connectivity index (χ1n) is 7.33. The molecule has 0 atom stereocenters. The molecule has 0 aliphatic carbocycles.